The molecule has 3 nitrogen and oxygen atoms in total. The summed E-state index contributed by atoms with van der Waals surface area (Å²) in [4.78, 5) is 12.4. The molecule has 0 aliphatic carbocycles. The van der Waals surface area contributed by atoms with Crippen molar-refractivity contribution in [3.8, 4) is 5.75 Å². The van der Waals surface area contributed by atoms with E-state index in [1.54, 1.807) is 17.8 Å². The first-order valence-electron chi connectivity index (χ1n) is 8.93. The number of hydrogen-bond donors (Lipinski definition) is 1. The van der Waals surface area contributed by atoms with Gasteiger partial charge in [0.2, 0.25) is 0 Å². The van der Waals surface area contributed by atoms with Gasteiger partial charge >= 0.3 is 0 Å². The van der Waals surface area contributed by atoms with Crippen LogP contribution in [0.4, 0.5) is 0 Å². The molecule has 0 saturated heterocycles. The molecule has 0 heterocycles. The Labute approximate surface area is 175 Å². The van der Waals surface area contributed by atoms with Gasteiger partial charge in [-0.15, -0.1) is 0 Å². The van der Waals surface area contributed by atoms with Gasteiger partial charge in [-0.1, -0.05) is 42.3 Å². The van der Waals surface area contributed by atoms with Crippen LogP contribution in [0.25, 0.3) is 0 Å². The predicted molar refractivity (Wildman–Crippen MR) is 116 cm³/mol. The number of nitrogens with one attached hydrogen (secondary N) is 1. The molecular formula is C21H25Cl2NO2S. The van der Waals surface area contributed by atoms with E-state index >= 15 is 0 Å². The quantitative estimate of drug-likeness (QED) is 0.514. The van der Waals surface area contributed by atoms with E-state index in [1.807, 2.05) is 45.0 Å². The monoisotopic (exact) mass is 425 g/mol. The lowest BCUT2D eigenvalue weighted by Crippen LogP contribution is -2.39. The van der Waals surface area contributed by atoms with Gasteiger partial charge in [-0.05, 0) is 61.2 Å². The van der Waals surface area contributed by atoms with E-state index in [1.165, 1.54) is 0 Å². The number of amides is 1. The second kappa shape index (κ2) is 10.8. The van der Waals surface area contributed by atoms with E-state index in [0.29, 0.717) is 23.0 Å². The van der Waals surface area contributed by atoms with Crippen LogP contribution in [-0.4, -0.2) is 24.3 Å². The third kappa shape index (κ3) is 7.28. The number of rotatable bonds is 9. The normalized spacial score (nSPS) is 11.9. The maximum atomic E-state index is 12.4. The Bertz CT molecular complexity index is 763. The summed E-state index contributed by atoms with van der Waals surface area (Å²) in [6, 6.07) is 11.5. The number of hydrogen-bond acceptors (Lipinski definition) is 3. The van der Waals surface area contributed by atoms with Crippen LogP contribution in [0.15, 0.2) is 36.4 Å². The summed E-state index contributed by atoms with van der Waals surface area (Å²) in [5.41, 5.74) is 3.29. The van der Waals surface area contributed by atoms with Crippen molar-refractivity contribution in [2.75, 3.05) is 12.3 Å². The zero-order valence-electron chi connectivity index (χ0n) is 15.9. The van der Waals surface area contributed by atoms with Crippen molar-refractivity contribution in [2.45, 2.75) is 39.0 Å². The van der Waals surface area contributed by atoms with Crippen LogP contribution in [0.3, 0.4) is 0 Å². The zero-order valence-corrected chi connectivity index (χ0v) is 18.2. The molecule has 0 radical (unpaired) electrons. The fraction of sp³-hybridized carbons (Fsp3) is 0.381. The van der Waals surface area contributed by atoms with Crippen LogP contribution in [0.2, 0.25) is 10.0 Å². The van der Waals surface area contributed by atoms with Gasteiger partial charge < -0.3 is 10.1 Å². The predicted octanol–water partition coefficient (Wildman–Crippen LogP) is 5.82. The topological polar surface area (TPSA) is 38.3 Å². The molecule has 1 N–H and O–H groups in total. The van der Waals surface area contributed by atoms with Crippen LogP contribution in [0.5, 0.6) is 5.75 Å². The maximum Gasteiger partial charge on any atom is 0.261 e. The van der Waals surface area contributed by atoms with Crippen LogP contribution in [-0.2, 0) is 10.5 Å². The molecule has 0 fully saturated rings. The first-order chi connectivity index (χ1) is 12.9. The van der Waals surface area contributed by atoms with Crippen LogP contribution in [0, 0.1) is 13.8 Å². The number of carbonyl (C=O) groups is 1. The van der Waals surface area contributed by atoms with E-state index < -0.39 is 6.10 Å². The number of ether oxygens (including phenoxy) is 1. The van der Waals surface area contributed by atoms with Crippen molar-refractivity contribution < 1.29 is 9.53 Å². The molecule has 27 heavy (non-hydrogen) atoms. The van der Waals surface area contributed by atoms with Gasteiger partial charge in [0.15, 0.2) is 6.10 Å². The number of benzene rings is 2. The lowest BCUT2D eigenvalue weighted by molar-refractivity contribution is -0.127. The van der Waals surface area contributed by atoms with E-state index in [-0.39, 0.29) is 5.91 Å². The Morgan fingerprint density at radius 1 is 1.15 bits per heavy atom. The third-order valence-corrected chi connectivity index (χ3v) is 5.55. The molecule has 2 rings (SSSR count). The average molecular weight is 426 g/mol. The summed E-state index contributed by atoms with van der Waals surface area (Å²) < 4.78 is 5.89. The number of halogens is 2. The minimum absolute atomic E-state index is 0.0817. The highest BCUT2D eigenvalue weighted by atomic mass is 35.5. The molecule has 0 aliphatic rings. The highest BCUT2D eigenvalue weighted by Crippen LogP contribution is 2.24. The van der Waals surface area contributed by atoms with Crippen LogP contribution >= 0.6 is 35.0 Å². The molecule has 0 spiro atoms. The fourth-order valence-electron chi connectivity index (χ4n) is 2.67. The van der Waals surface area contributed by atoms with Gasteiger partial charge in [0, 0.05) is 28.1 Å². The van der Waals surface area contributed by atoms with E-state index in [2.05, 4.69) is 11.4 Å². The second-order valence-corrected chi connectivity index (χ2v) is 8.37. The van der Waals surface area contributed by atoms with Crippen molar-refractivity contribution in [1.82, 2.24) is 5.32 Å². The molecule has 2 aromatic rings. The molecule has 1 atom stereocenters. The molecule has 6 heteroatoms. The Morgan fingerprint density at radius 3 is 2.48 bits per heavy atom. The number of thioether (sulfide) groups is 1. The summed E-state index contributed by atoms with van der Waals surface area (Å²) in [6.45, 7) is 6.57. The van der Waals surface area contributed by atoms with Crippen LogP contribution in [0.1, 0.15) is 30.0 Å². The number of aryl methyl sites for hydroxylation is 2. The average Bonchev–Trinajstić information content (AvgIpc) is 2.60. The largest absolute Gasteiger partial charge is 0.481 e. The highest BCUT2D eigenvalue weighted by Gasteiger charge is 2.18. The standard InChI is InChI=1S/C21H25Cl2NO2S/c1-4-20(26-18-10-14(2)9-15(3)11-18)21(25)24-7-8-27-13-16-5-6-17(22)12-19(16)23/h5-6,9-12,20H,4,7-8,13H2,1-3H3,(H,24,25)/t20-/m1/s1. The molecule has 0 aliphatic heterocycles. The molecule has 0 saturated carbocycles. The fourth-order valence-corrected chi connectivity index (χ4v) is 4.09. The van der Waals surface area contributed by atoms with Crippen molar-refractivity contribution in [3.63, 3.8) is 0 Å². The molecule has 0 aromatic heterocycles. The molecule has 1 amide bonds. The van der Waals surface area contributed by atoms with E-state index in [0.717, 1.165) is 33.9 Å². The van der Waals surface area contributed by atoms with Crippen LogP contribution < -0.4 is 10.1 Å². The maximum absolute atomic E-state index is 12.4. The van der Waals surface area contributed by atoms with Gasteiger partial charge in [-0.3, -0.25) is 4.79 Å². The second-order valence-electron chi connectivity index (χ2n) is 6.42. The Kier molecular flexibility index (Phi) is 8.81. The van der Waals surface area contributed by atoms with Gasteiger partial charge in [-0.25, -0.2) is 0 Å². The first kappa shape index (κ1) is 21.9. The van der Waals surface area contributed by atoms with Gasteiger partial charge in [0.05, 0.1) is 0 Å². The summed E-state index contributed by atoms with van der Waals surface area (Å²) >= 11 is 13.8. The van der Waals surface area contributed by atoms with Crippen molar-refractivity contribution in [2.24, 2.45) is 0 Å². The smallest absolute Gasteiger partial charge is 0.261 e. The van der Waals surface area contributed by atoms with Crippen molar-refractivity contribution in [1.29, 1.82) is 0 Å². The minimum atomic E-state index is -0.484. The molecule has 0 bridgehead atoms. The summed E-state index contributed by atoms with van der Waals surface area (Å²) in [7, 11) is 0. The Balaban J connectivity index is 1.76. The molecule has 0 unspecified atom stereocenters. The Hall–Kier alpha value is -1.36. The Morgan fingerprint density at radius 2 is 1.85 bits per heavy atom. The van der Waals surface area contributed by atoms with Crippen molar-refractivity contribution in [3.05, 3.63) is 63.1 Å². The van der Waals surface area contributed by atoms with Gasteiger partial charge in [0.25, 0.3) is 5.91 Å². The van der Waals surface area contributed by atoms with Crippen molar-refractivity contribution >= 4 is 40.9 Å². The zero-order chi connectivity index (χ0) is 19.8. The minimum Gasteiger partial charge on any atom is -0.481 e. The van der Waals surface area contributed by atoms with Gasteiger partial charge in [0.1, 0.15) is 5.75 Å². The lowest BCUT2D eigenvalue weighted by Gasteiger charge is -2.18. The summed E-state index contributed by atoms with van der Waals surface area (Å²) in [5, 5.41) is 4.26. The highest BCUT2D eigenvalue weighted by molar-refractivity contribution is 7.98. The van der Waals surface area contributed by atoms with E-state index in [9.17, 15) is 4.79 Å². The molecule has 2 aromatic carbocycles. The van der Waals surface area contributed by atoms with E-state index in [4.69, 9.17) is 27.9 Å². The lowest BCUT2D eigenvalue weighted by atomic mass is 10.1. The molecule has 146 valence electrons. The molecular weight excluding hydrogens is 401 g/mol. The summed E-state index contributed by atoms with van der Waals surface area (Å²) in [5.74, 6) is 2.23. The third-order valence-electron chi connectivity index (χ3n) is 3.96. The first-order valence-corrected chi connectivity index (χ1v) is 10.8. The van der Waals surface area contributed by atoms with Gasteiger partial charge in [-0.2, -0.15) is 11.8 Å². The summed E-state index contributed by atoms with van der Waals surface area (Å²) in [6.07, 6.45) is 0.133. The number of carbonyl (C=O) groups excluding carboxylic acids is 1. The SMILES string of the molecule is CC[C@@H](Oc1cc(C)cc(C)c1)C(=O)NCCSCc1ccc(Cl)cc1Cl.